The van der Waals surface area contributed by atoms with E-state index in [1.165, 1.54) is 0 Å². The van der Waals surface area contributed by atoms with Gasteiger partial charge in [-0.1, -0.05) is 30.3 Å². The Morgan fingerprint density at radius 3 is 2.76 bits per heavy atom. The van der Waals surface area contributed by atoms with E-state index in [0.29, 0.717) is 30.4 Å². The summed E-state index contributed by atoms with van der Waals surface area (Å²) in [5.41, 5.74) is 1.53. The molecule has 1 aromatic carbocycles. The highest BCUT2D eigenvalue weighted by Crippen LogP contribution is 2.33. The lowest BCUT2D eigenvalue weighted by Gasteiger charge is -2.15. The average molecular weight is 334 g/mol. The number of carbonyl (C=O) groups excluding carboxylic acids is 1. The fraction of sp³-hybridized carbons (Fsp3) is 0.263. The maximum absolute atomic E-state index is 12.6. The van der Waals surface area contributed by atoms with Gasteiger partial charge in [0.1, 0.15) is 0 Å². The number of likely N-dealkylation sites (tertiary alicyclic amines) is 1. The molecule has 0 bridgehead atoms. The van der Waals surface area contributed by atoms with Crippen LogP contribution in [0.2, 0.25) is 0 Å². The highest BCUT2D eigenvalue weighted by molar-refractivity contribution is 5.94. The van der Waals surface area contributed by atoms with Crippen molar-refractivity contribution in [3.8, 4) is 11.4 Å². The van der Waals surface area contributed by atoms with E-state index < -0.39 is 0 Å². The molecule has 1 aliphatic heterocycles. The summed E-state index contributed by atoms with van der Waals surface area (Å²) in [6.07, 6.45) is 3.41. The molecule has 126 valence electrons. The van der Waals surface area contributed by atoms with Crippen LogP contribution < -0.4 is 0 Å². The molecule has 3 heterocycles. The quantitative estimate of drug-likeness (QED) is 0.736. The van der Waals surface area contributed by atoms with Gasteiger partial charge in [0.2, 0.25) is 11.7 Å². The predicted octanol–water partition coefficient (Wildman–Crippen LogP) is 3.01. The number of pyridine rings is 1. The van der Waals surface area contributed by atoms with Crippen molar-refractivity contribution in [2.75, 3.05) is 13.1 Å². The van der Waals surface area contributed by atoms with Crippen LogP contribution in [0, 0.1) is 5.92 Å². The lowest BCUT2D eigenvalue weighted by molar-refractivity contribution is 0.0786. The Kier molecular flexibility index (Phi) is 4.01. The van der Waals surface area contributed by atoms with Gasteiger partial charge in [0.15, 0.2) is 0 Å². The van der Waals surface area contributed by atoms with Crippen LogP contribution >= 0.6 is 0 Å². The number of carbonyl (C=O) groups is 1. The molecule has 1 saturated heterocycles. The van der Waals surface area contributed by atoms with E-state index >= 15 is 0 Å². The van der Waals surface area contributed by atoms with Crippen molar-refractivity contribution in [1.82, 2.24) is 20.0 Å². The molecule has 1 fully saturated rings. The maximum Gasteiger partial charge on any atom is 0.253 e. The Bertz CT molecular complexity index is 863. The summed E-state index contributed by atoms with van der Waals surface area (Å²) in [4.78, 5) is 23.1. The summed E-state index contributed by atoms with van der Waals surface area (Å²) in [6.45, 7) is 3.38. The molecule has 1 aliphatic rings. The Morgan fingerprint density at radius 2 is 2.00 bits per heavy atom. The molecule has 2 atom stereocenters. The van der Waals surface area contributed by atoms with Gasteiger partial charge in [0, 0.05) is 36.6 Å². The molecule has 0 aliphatic carbocycles. The highest BCUT2D eigenvalue weighted by Gasteiger charge is 2.37. The molecule has 2 aromatic heterocycles. The largest absolute Gasteiger partial charge is 0.339 e. The fourth-order valence-electron chi connectivity index (χ4n) is 3.22. The summed E-state index contributed by atoms with van der Waals surface area (Å²) in [7, 11) is 0. The first-order chi connectivity index (χ1) is 12.2. The first-order valence-corrected chi connectivity index (χ1v) is 8.30. The summed E-state index contributed by atoms with van der Waals surface area (Å²) in [5.74, 6) is 1.46. The van der Waals surface area contributed by atoms with E-state index in [0.717, 1.165) is 5.56 Å². The number of benzene rings is 1. The third kappa shape index (κ3) is 3.03. The van der Waals surface area contributed by atoms with Gasteiger partial charge >= 0.3 is 0 Å². The van der Waals surface area contributed by atoms with Crippen LogP contribution in [0.25, 0.3) is 11.4 Å². The van der Waals surface area contributed by atoms with E-state index in [1.54, 1.807) is 12.4 Å². The normalized spacial score (nSPS) is 20.0. The molecule has 25 heavy (non-hydrogen) atoms. The molecule has 0 radical (unpaired) electrons. The SMILES string of the molecule is C[C@H]1CN(C(=O)c2ccccc2)C[C@@H]1c1nc(-c2cccnc2)no1. The predicted molar refractivity (Wildman–Crippen MR) is 91.8 cm³/mol. The monoisotopic (exact) mass is 334 g/mol. The molecular weight excluding hydrogens is 316 g/mol. The van der Waals surface area contributed by atoms with Crippen LogP contribution in [0.5, 0.6) is 0 Å². The second-order valence-corrected chi connectivity index (χ2v) is 6.36. The standard InChI is InChI=1S/C19H18N4O2/c1-13-11-23(19(24)14-6-3-2-4-7-14)12-16(13)18-21-17(22-25-18)15-8-5-9-20-10-15/h2-10,13,16H,11-12H2,1H3/t13-,16-/m0/s1. The van der Waals surface area contributed by atoms with Gasteiger partial charge in [-0.3, -0.25) is 9.78 Å². The third-order valence-corrected chi connectivity index (χ3v) is 4.60. The van der Waals surface area contributed by atoms with Crippen molar-refractivity contribution in [1.29, 1.82) is 0 Å². The van der Waals surface area contributed by atoms with Crippen molar-refractivity contribution in [2.24, 2.45) is 5.92 Å². The third-order valence-electron chi connectivity index (χ3n) is 4.60. The van der Waals surface area contributed by atoms with E-state index in [1.807, 2.05) is 47.4 Å². The highest BCUT2D eigenvalue weighted by atomic mass is 16.5. The molecule has 0 N–H and O–H groups in total. The zero-order valence-corrected chi connectivity index (χ0v) is 13.9. The Morgan fingerprint density at radius 1 is 1.16 bits per heavy atom. The zero-order valence-electron chi connectivity index (χ0n) is 13.9. The van der Waals surface area contributed by atoms with Crippen LogP contribution in [0.4, 0.5) is 0 Å². The smallest absolute Gasteiger partial charge is 0.253 e. The van der Waals surface area contributed by atoms with Crippen LogP contribution in [0.1, 0.15) is 29.1 Å². The Balaban J connectivity index is 1.52. The molecule has 0 unspecified atom stereocenters. The first-order valence-electron chi connectivity index (χ1n) is 8.30. The van der Waals surface area contributed by atoms with Crippen molar-refractivity contribution in [3.05, 3.63) is 66.3 Å². The van der Waals surface area contributed by atoms with Crippen LogP contribution in [0.15, 0.2) is 59.4 Å². The average Bonchev–Trinajstić information content (AvgIpc) is 3.29. The fourth-order valence-corrected chi connectivity index (χ4v) is 3.22. The second-order valence-electron chi connectivity index (χ2n) is 6.36. The Hall–Kier alpha value is -3.02. The lowest BCUT2D eigenvalue weighted by Crippen LogP contribution is -2.28. The van der Waals surface area contributed by atoms with Gasteiger partial charge in [-0.25, -0.2) is 0 Å². The van der Waals surface area contributed by atoms with E-state index in [4.69, 9.17) is 4.52 Å². The van der Waals surface area contributed by atoms with Crippen LogP contribution in [-0.4, -0.2) is 39.0 Å². The van der Waals surface area contributed by atoms with Gasteiger partial charge in [0.25, 0.3) is 5.91 Å². The zero-order chi connectivity index (χ0) is 17.2. The summed E-state index contributed by atoms with van der Waals surface area (Å²) < 4.78 is 5.48. The Labute approximate surface area is 145 Å². The first kappa shape index (κ1) is 15.5. The number of hydrogen-bond acceptors (Lipinski definition) is 5. The van der Waals surface area contributed by atoms with Crippen molar-refractivity contribution >= 4 is 5.91 Å². The van der Waals surface area contributed by atoms with Crippen molar-refractivity contribution < 1.29 is 9.32 Å². The molecule has 6 heteroatoms. The van der Waals surface area contributed by atoms with Gasteiger partial charge in [-0.2, -0.15) is 4.98 Å². The summed E-state index contributed by atoms with van der Waals surface area (Å²) in [5, 5.41) is 4.06. The minimum absolute atomic E-state index is 0.0435. The van der Waals surface area contributed by atoms with Gasteiger partial charge < -0.3 is 9.42 Å². The maximum atomic E-state index is 12.6. The topological polar surface area (TPSA) is 72.1 Å². The number of rotatable bonds is 3. The van der Waals surface area contributed by atoms with Crippen molar-refractivity contribution in [2.45, 2.75) is 12.8 Å². The second kappa shape index (κ2) is 6.47. The lowest BCUT2D eigenvalue weighted by atomic mass is 9.98. The number of nitrogens with zero attached hydrogens (tertiary/aromatic N) is 4. The minimum atomic E-state index is 0.0435. The van der Waals surface area contributed by atoms with E-state index in [-0.39, 0.29) is 17.7 Å². The molecule has 0 spiro atoms. The molecule has 4 rings (SSSR count). The van der Waals surface area contributed by atoms with Gasteiger partial charge in [0.05, 0.1) is 5.92 Å². The minimum Gasteiger partial charge on any atom is -0.339 e. The van der Waals surface area contributed by atoms with Crippen molar-refractivity contribution in [3.63, 3.8) is 0 Å². The molecular formula is C19H18N4O2. The molecule has 1 amide bonds. The van der Waals surface area contributed by atoms with Crippen LogP contribution in [-0.2, 0) is 0 Å². The number of aromatic nitrogens is 3. The number of hydrogen-bond donors (Lipinski definition) is 0. The van der Waals surface area contributed by atoms with E-state index in [9.17, 15) is 4.79 Å². The molecule has 6 nitrogen and oxygen atoms in total. The molecule has 0 saturated carbocycles. The summed E-state index contributed by atoms with van der Waals surface area (Å²) >= 11 is 0. The van der Waals surface area contributed by atoms with Crippen LogP contribution in [0.3, 0.4) is 0 Å². The van der Waals surface area contributed by atoms with E-state index in [2.05, 4.69) is 22.0 Å². The van der Waals surface area contributed by atoms with Gasteiger partial charge in [-0.15, -0.1) is 0 Å². The summed E-state index contributed by atoms with van der Waals surface area (Å²) in [6, 6.07) is 13.1. The molecule has 3 aromatic rings. The van der Waals surface area contributed by atoms with Gasteiger partial charge in [-0.05, 0) is 30.2 Å². The number of amides is 1.